The largest absolute Gasteiger partial charge is 0.343 e. The number of fused-ring (bicyclic) bond motifs is 1. The molecule has 0 saturated heterocycles. The van der Waals surface area contributed by atoms with Crippen molar-refractivity contribution in [3.63, 3.8) is 0 Å². The van der Waals surface area contributed by atoms with Crippen molar-refractivity contribution in [2.45, 2.75) is 38.1 Å². The molecule has 4 aromatic rings. The van der Waals surface area contributed by atoms with E-state index in [4.69, 9.17) is 0 Å². The minimum atomic E-state index is -0.296. The zero-order valence-corrected chi connectivity index (χ0v) is 16.9. The molecule has 1 amide bonds. The Labute approximate surface area is 175 Å². The van der Waals surface area contributed by atoms with Gasteiger partial charge in [0.15, 0.2) is 5.65 Å². The number of nitrogens with zero attached hydrogens (tertiary/aromatic N) is 4. The molecular formula is C24H23N5O. The third kappa shape index (κ3) is 3.05. The molecule has 1 aliphatic rings. The second-order valence-electron chi connectivity index (χ2n) is 7.91. The van der Waals surface area contributed by atoms with Crippen LogP contribution in [0.15, 0.2) is 67.4 Å². The van der Waals surface area contributed by atoms with Gasteiger partial charge in [-0.3, -0.25) is 9.36 Å². The Balaban J connectivity index is 1.52. The monoisotopic (exact) mass is 397 g/mol. The zero-order chi connectivity index (χ0) is 20.6. The molecular weight excluding hydrogens is 374 g/mol. The van der Waals surface area contributed by atoms with Gasteiger partial charge in [-0.15, -0.1) is 0 Å². The summed E-state index contributed by atoms with van der Waals surface area (Å²) in [7, 11) is 0. The van der Waals surface area contributed by atoms with E-state index in [9.17, 15) is 4.79 Å². The molecule has 6 heteroatoms. The highest BCUT2D eigenvalue weighted by atomic mass is 16.1. The van der Waals surface area contributed by atoms with Gasteiger partial charge in [0.1, 0.15) is 18.2 Å². The summed E-state index contributed by atoms with van der Waals surface area (Å²) in [5.41, 5.74) is 4.80. The van der Waals surface area contributed by atoms with E-state index in [1.165, 1.54) is 11.9 Å². The van der Waals surface area contributed by atoms with Gasteiger partial charge in [-0.1, -0.05) is 49.2 Å². The van der Waals surface area contributed by atoms with Gasteiger partial charge in [0.25, 0.3) is 5.91 Å². The van der Waals surface area contributed by atoms with Gasteiger partial charge >= 0.3 is 0 Å². The lowest BCUT2D eigenvalue weighted by molar-refractivity contribution is 0.0897. The highest BCUT2D eigenvalue weighted by Crippen LogP contribution is 2.39. The number of amides is 1. The molecule has 1 aliphatic carbocycles. The van der Waals surface area contributed by atoms with E-state index in [-0.39, 0.29) is 11.4 Å². The van der Waals surface area contributed by atoms with Gasteiger partial charge in [0, 0.05) is 5.56 Å². The van der Waals surface area contributed by atoms with Crippen LogP contribution in [0, 0.1) is 6.92 Å². The lowest BCUT2D eigenvalue weighted by Gasteiger charge is -2.31. The Hall–Kier alpha value is -3.54. The Kier molecular flexibility index (Phi) is 4.54. The molecule has 2 heterocycles. The van der Waals surface area contributed by atoms with Crippen LogP contribution in [0.1, 0.15) is 47.2 Å². The third-order valence-electron chi connectivity index (χ3n) is 6.16. The van der Waals surface area contributed by atoms with Crippen molar-refractivity contribution in [2.75, 3.05) is 0 Å². The SMILES string of the molecule is Cc1c(C(=O)NC2(c3ccccc3)CCCC2)cccc1-n1cnc2cncnc21. The molecule has 6 nitrogen and oxygen atoms in total. The van der Waals surface area contributed by atoms with Crippen LogP contribution < -0.4 is 5.32 Å². The van der Waals surface area contributed by atoms with Gasteiger partial charge in [-0.2, -0.15) is 0 Å². The molecule has 0 aliphatic heterocycles. The lowest BCUT2D eigenvalue weighted by atomic mass is 9.87. The van der Waals surface area contributed by atoms with E-state index in [0.717, 1.165) is 48.1 Å². The van der Waals surface area contributed by atoms with Crippen molar-refractivity contribution in [3.8, 4) is 5.69 Å². The second kappa shape index (κ2) is 7.37. The Bertz CT molecular complexity index is 1210. The van der Waals surface area contributed by atoms with Gasteiger partial charge in [-0.25, -0.2) is 15.0 Å². The standard InChI is InChI=1S/C24H23N5O/c1-17-19(10-7-11-21(17)29-16-27-20-14-25-15-26-22(20)29)23(30)28-24(12-5-6-13-24)18-8-3-2-4-9-18/h2-4,7-11,14-16H,5-6,12-13H2,1H3,(H,28,30). The Morgan fingerprint density at radius 3 is 2.63 bits per heavy atom. The van der Waals surface area contributed by atoms with Crippen molar-refractivity contribution in [1.82, 2.24) is 24.8 Å². The predicted octanol–water partition coefficient (Wildman–Crippen LogP) is 4.32. The van der Waals surface area contributed by atoms with E-state index in [1.54, 1.807) is 12.5 Å². The molecule has 30 heavy (non-hydrogen) atoms. The number of aromatic nitrogens is 4. The van der Waals surface area contributed by atoms with E-state index in [2.05, 4.69) is 32.4 Å². The highest BCUT2D eigenvalue weighted by Gasteiger charge is 2.37. The van der Waals surface area contributed by atoms with Crippen LogP contribution in [0.3, 0.4) is 0 Å². The first-order chi connectivity index (χ1) is 14.7. The summed E-state index contributed by atoms with van der Waals surface area (Å²) in [6.07, 6.45) is 9.09. The van der Waals surface area contributed by atoms with Crippen LogP contribution in [0.25, 0.3) is 16.9 Å². The summed E-state index contributed by atoms with van der Waals surface area (Å²) >= 11 is 0. The van der Waals surface area contributed by atoms with Gasteiger partial charge in [0.2, 0.25) is 0 Å². The molecule has 1 N–H and O–H groups in total. The van der Waals surface area contributed by atoms with Crippen molar-refractivity contribution in [2.24, 2.45) is 0 Å². The maximum Gasteiger partial charge on any atom is 0.252 e. The summed E-state index contributed by atoms with van der Waals surface area (Å²) in [6, 6.07) is 16.1. The predicted molar refractivity (Wildman–Crippen MR) is 115 cm³/mol. The minimum Gasteiger partial charge on any atom is -0.343 e. The zero-order valence-electron chi connectivity index (χ0n) is 16.9. The minimum absolute atomic E-state index is 0.0425. The van der Waals surface area contributed by atoms with Gasteiger partial charge < -0.3 is 5.32 Å². The number of benzene rings is 2. The van der Waals surface area contributed by atoms with Crippen molar-refractivity contribution < 1.29 is 4.79 Å². The molecule has 0 unspecified atom stereocenters. The summed E-state index contributed by atoms with van der Waals surface area (Å²) in [4.78, 5) is 26.2. The fraction of sp³-hybridized carbons (Fsp3) is 0.250. The van der Waals surface area contributed by atoms with Crippen molar-refractivity contribution >= 4 is 17.1 Å². The van der Waals surface area contributed by atoms with Crippen LogP contribution >= 0.6 is 0 Å². The van der Waals surface area contributed by atoms with Crippen LogP contribution in [0.4, 0.5) is 0 Å². The molecule has 0 atom stereocenters. The van der Waals surface area contributed by atoms with Crippen molar-refractivity contribution in [1.29, 1.82) is 0 Å². The summed E-state index contributed by atoms with van der Waals surface area (Å²) < 4.78 is 1.91. The summed E-state index contributed by atoms with van der Waals surface area (Å²) in [5.74, 6) is -0.0425. The number of hydrogen-bond acceptors (Lipinski definition) is 4. The molecule has 2 aromatic carbocycles. The van der Waals surface area contributed by atoms with Crippen LogP contribution in [-0.4, -0.2) is 25.4 Å². The first-order valence-corrected chi connectivity index (χ1v) is 10.3. The topological polar surface area (TPSA) is 72.7 Å². The number of hydrogen-bond donors (Lipinski definition) is 1. The molecule has 1 saturated carbocycles. The van der Waals surface area contributed by atoms with Crippen LogP contribution in [-0.2, 0) is 5.54 Å². The molecule has 0 spiro atoms. The smallest absolute Gasteiger partial charge is 0.252 e. The first kappa shape index (κ1) is 18.5. The number of carbonyl (C=O) groups is 1. The average Bonchev–Trinajstić information content (AvgIpc) is 3.42. The fourth-order valence-corrected chi connectivity index (χ4v) is 4.58. The van der Waals surface area contributed by atoms with E-state index >= 15 is 0 Å². The second-order valence-corrected chi connectivity index (χ2v) is 7.91. The fourth-order valence-electron chi connectivity index (χ4n) is 4.58. The van der Waals surface area contributed by atoms with E-state index in [0.29, 0.717) is 5.56 Å². The molecule has 150 valence electrons. The van der Waals surface area contributed by atoms with Crippen LogP contribution in [0.2, 0.25) is 0 Å². The average molecular weight is 397 g/mol. The first-order valence-electron chi connectivity index (χ1n) is 10.3. The third-order valence-corrected chi connectivity index (χ3v) is 6.16. The lowest BCUT2D eigenvalue weighted by Crippen LogP contribution is -2.44. The number of rotatable bonds is 4. The van der Waals surface area contributed by atoms with Crippen molar-refractivity contribution in [3.05, 3.63) is 84.1 Å². The Morgan fingerprint density at radius 1 is 1.03 bits per heavy atom. The van der Waals surface area contributed by atoms with Gasteiger partial charge in [-0.05, 0) is 43.0 Å². The normalized spacial score (nSPS) is 15.4. The summed E-state index contributed by atoms with van der Waals surface area (Å²) in [5, 5.41) is 3.39. The number of imidazole rings is 1. The molecule has 0 radical (unpaired) electrons. The molecule has 5 rings (SSSR count). The maximum atomic E-state index is 13.4. The van der Waals surface area contributed by atoms with E-state index < -0.39 is 0 Å². The quantitative estimate of drug-likeness (QED) is 0.556. The molecule has 2 aromatic heterocycles. The molecule has 0 bridgehead atoms. The number of nitrogens with one attached hydrogen (secondary N) is 1. The number of carbonyl (C=O) groups excluding carboxylic acids is 1. The highest BCUT2D eigenvalue weighted by molar-refractivity contribution is 5.97. The van der Waals surface area contributed by atoms with Crippen LogP contribution in [0.5, 0.6) is 0 Å². The Morgan fingerprint density at radius 2 is 1.83 bits per heavy atom. The van der Waals surface area contributed by atoms with Gasteiger partial charge in [0.05, 0.1) is 17.4 Å². The maximum absolute atomic E-state index is 13.4. The molecule has 1 fully saturated rings. The van der Waals surface area contributed by atoms with E-state index in [1.807, 2.05) is 47.9 Å². The summed E-state index contributed by atoms with van der Waals surface area (Å²) in [6.45, 7) is 1.97.